The van der Waals surface area contributed by atoms with E-state index in [-0.39, 0.29) is 47.1 Å². The van der Waals surface area contributed by atoms with Crippen LogP contribution in [0.4, 0.5) is 0 Å². The van der Waals surface area contributed by atoms with Crippen LogP contribution in [-0.4, -0.2) is 80.8 Å². The molecule has 0 spiro atoms. The molecule has 1 aliphatic heterocycles. The van der Waals surface area contributed by atoms with Crippen molar-refractivity contribution in [2.45, 2.75) is 75.5 Å². The van der Waals surface area contributed by atoms with Gasteiger partial charge in [0.05, 0.1) is 24.2 Å². The number of aliphatic hydroxyl groups excluding tert-OH is 2. The molecular weight excluding hydrogens is 470 g/mol. The number of Topliss-reactive ketones (excluding diaryl/α,β-unsaturated/α-hetero) is 4. The van der Waals surface area contributed by atoms with Crippen LogP contribution in [0.2, 0.25) is 0 Å². The first-order chi connectivity index (χ1) is 16.9. The predicted octanol–water partition coefficient (Wildman–Crippen LogP) is -0.792. The second-order valence-electron chi connectivity index (χ2n) is 10.0. The molecule has 0 amide bonds. The molecule has 1 saturated heterocycles. The number of fused-ring (bicyclic) bond motifs is 1. The van der Waals surface area contributed by atoms with Gasteiger partial charge in [0, 0.05) is 35.1 Å². The van der Waals surface area contributed by atoms with Crippen LogP contribution in [0, 0.1) is 0 Å². The number of carbonyl (C=O) groups is 4. The van der Waals surface area contributed by atoms with Gasteiger partial charge in [0.1, 0.15) is 23.9 Å². The van der Waals surface area contributed by atoms with E-state index in [2.05, 4.69) is 5.73 Å². The van der Waals surface area contributed by atoms with Crippen LogP contribution < -0.4 is 5.73 Å². The topological polar surface area (TPSA) is 175 Å². The van der Waals surface area contributed by atoms with Gasteiger partial charge in [-0.3, -0.25) is 19.2 Å². The van der Waals surface area contributed by atoms with Crippen molar-refractivity contribution in [3.8, 4) is 0 Å². The predicted molar refractivity (Wildman–Crippen MR) is 122 cm³/mol. The van der Waals surface area contributed by atoms with Gasteiger partial charge in [-0.15, -0.1) is 0 Å². The fraction of sp³-hybridized carbons (Fsp3) is 0.462. The Morgan fingerprint density at radius 1 is 1.08 bits per heavy atom. The summed E-state index contributed by atoms with van der Waals surface area (Å²) in [5.74, 6) is -2.70. The molecule has 0 bridgehead atoms. The van der Waals surface area contributed by atoms with E-state index in [1.54, 1.807) is 19.1 Å². The Morgan fingerprint density at radius 3 is 2.33 bits per heavy atom. The van der Waals surface area contributed by atoms with Crippen LogP contribution in [0.15, 0.2) is 46.6 Å². The van der Waals surface area contributed by atoms with E-state index < -0.39 is 71.1 Å². The van der Waals surface area contributed by atoms with Gasteiger partial charge in [-0.2, -0.15) is 0 Å². The lowest BCUT2D eigenvalue weighted by Gasteiger charge is -2.44. The highest BCUT2D eigenvalue weighted by molar-refractivity contribution is 6.40. The zero-order valence-corrected chi connectivity index (χ0v) is 19.9. The second-order valence-corrected chi connectivity index (χ2v) is 10.0. The Labute approximate surface area is 206 Å². The monoisotopic (exact) mass is 498 g/mol. The van der Waals surface area contributed by atoms with E-state index >= 15 is 0 Å². The third kappa shape index (κ3) is 3.64. The summed E-state index contributed by atoms with van der Waals surface area (Å²) in [4.78, 5) is 52.8. The summed E-state index contributed by atoms with van der Waals surface area (Å²) in [7, 11) is 0. The molecular formula is C26H28NO9+. The molecule has 5 rings (SSSR count). The molecule has 0 radical (unpaired) electrons. The van der Waals surface area contributed by atoms with Crippen molar-refractivity contribution in [1.29, 1.82) is 0 Å². The molecule has 36 heavy (non-hydrogen) atoms. The molecule has 1 aromatic carbocycles. The molecule has 6 N–H and O–H groups in total. The number of quaternary nitrogens is 1. The minimum absolute atomic E-state index is 0.0247. The van der Waals surface area contributed by atoms with Crippen LogP contribution in [0.25, 0.3) is 0 Å². The summed E-state index contributed by atoms with van der Waals surface area (Å²) >= 11 is 0. The Balaban J connectivity index is 1.58. The van der Waals surface area contributed by atoms with Crippen molar-refractivity contribution < 1.29 is 49.7 Å². The van der Waals surface area contributed by atoms with E-state index in [0.29, 0.717) is 0 Å². The summed E-state index contributed by atoms with van der Waals surface area (Å²) in [5, 5.41) is 32.6. The van der Waals surface area contributed by atoms with Crippen molar-refractivity contribution in [1.82, 2.24) is 0 Å². The summed E-state index contributed by atoms with van der Waals surface area (Å²) in [6, 6.07) is 5.62. The Morgan fingerprint density at radius 2 is 1.72 bits per heavy atom. The second kappa shape index (κ2) is 8.62. The maximum Gasteiger partial charge on any atom is 0.198 e. The number of aliphatic hydroxyl groups is 3. The SMILES string of the molecule is CC(=O)[C@]1(O)CC2=C(C(=O)C3=C(C(=O)c4ccccc4C3=O)C2O)[C@@H](O[C@H]2C[C@H]([NH3+])[C@H](O)[C@H](C)O2)C1. The maximum atomic E-state index is 13.8. The molecule has 0 aromatic heterocycles. The van der Waals surface area contributed by atoms with Gasteiger partial charge in [-0.25, -0.2) is 0 Å². The molecule has 1 heterocycles. The zero-order valence-electron chi connectivity index (χ0n) is 19.9. The lowest BCUT2D eigenvalue weighted by Crippen LogP contribution is -2.71. The number of benzene rings is 1. The van der Waals surface area contributed by atoms with E-state index in [1.165, 1.54) is 19.1 Å². The molecule has 7 atom stereocenters. The first-order valence-corrected chi connectivity index (χ1v) is 11.9. The highest BCUT2D eigenvalue weighted by Gasteiger charge is 2.53. The van der Waals surface area contributed by atoms with Gasteiger partial charge < -0.3 is 30.5 Å². The molecule has 3 aliphatic carbocycles. The molecule has 1 aromatic rings. The molecule has 1 fully saturated rings. The average molecular weight is 499 g/mol. The molecule has 10 heteroatoms. The molecule has 190 valence electrons. The van der Waals surface area contributed by atoms with Gasteiger partial charge in [0.15, 0.2) is 29.4 Å². The minimum Gasteiger partial charge on any atom is -0.384 e. The Bertz CT molecular complexity index is 1250. The van der Waals surface area contributed by atoms with Crippen LogP contribution in [0.3, 0.4) is 0 Å². The molecule has 4 aliphatic rings. The molecule has 1 unspecified atom stereocenters. The molecule has 0 saturated carbocycles. The maximum absolute atomic E-state index is 13.8. The van der Waals surface area contributed by atoms with Crippen molar-refractivity contribution in [2.75, 3.05) is 0 Å². The van der Waals surface area contributed by atoms with E-state index in [1.807, 2.05) is 0 Å². The number of ether oxygens (including phenoxy) is 2. The quantitative estimate of drug-likeness (QED) is 0.389. The first kappa shape index (κ1) is 24.8. The molecule has 10 nitrogen and oxygen atoms in total. The largest absolute Gasteiger partial charge is 0.384 e. The average Bonchev–Trinajstić information content (AvgIpc) is 2.82. The van der Waals surface area contributed by atoms with Crippen LogP contribution in [0.1, 0.15) is 53.8 Å². The van der Waals surface area contributed by atoms with Gasteiger partial charge in [-0.1, -0.05) is 24.3 Å². The van der Waals surface area contributed by atoms with Gasteiger partial charge in [0.25, 0.3) is 0 Å². The van der Waals surface area contributed by atoms with E-state index in [4.69, 9.17) is 9.47 Å². The summed E-state index contributed by atoms with van der Waals surface area (Å²) < 4.78 is 11.8. The minimum atomic E-state index is -1.97. The van der Waals surface area contributed by atoms with Crippen molar-refractivity contribution >= 4 is 23.1 Å². The van der Waals surface area contributed by atoms with Gasteiger partial charge in [-0.05, 0) is 19.4 Å². The standard InChI is InChI=1S/C26H27NO9/c1-10-21(29)15(27)7-17(35-10)36-16-9-26(34,11(2)28)8-14-18(16)25(33)20-19(24(14)32)22(30)12-5-3-4-6-13(12)23(20)31/h3-6,10,15-17,21,24,29,32,34H,7-9,27H2,1-2H3/p+1/t10-,15-,16-,17-,21+,24?,26-/m0/s1. The highest BCUT2D eigenvalue weighted by Crippen LogP contribution is 2.46. The zero-order chi connectivity index (χ0) is 26.1. The normalized spacial score (nSPS) is 36.4. The summed E-state index contributed by atoms with van der Waals surface area (Å²) in [6.07, 6.45) is -5.77. The Hall–Kier alpha value is -2.86. The number of rotatable bonds is 3. The third-order valence-corrected chi connectivity index (χ3v) is 7.70. The lowest BCUT2D eigenvalue weighted by atomic mass is 9.66. The van der Waals surface area contributed by atoms with E-state index in [9.17, 15) is 34.5 Å². The lowest BCUT2D eigenvalue weighted by molar-refractivity contribution is -0.466. The summed E-state index contributed by atoms with van der Waals surface area (Å²) in [5.41, 5.74) is 1.23. The fourth-order valence-corrected chi connectivity index (χ4v) is 5.62. The smallest absolute Gasteiger partial charge is 0.198 e. The number of hydrogen-bond acceptors (Lipinski definition) is 9. The fourth-order valence-electron chi connectivity index (χ4n) is 5.62. The number of allylic oxidation sites excluding steroid dienone is 1. The van der Waals surface area contributed by atoms with Crippen molar-refractivity contribution in [2.24, 2.45) is 0 Å². The van der Waals surface area contributed by atoms with Crippen LogP contribution in [0.5, 0.6) is 0 Å². The highest BCUT2D eigenvalue weighted by atomic mass is 16.7. The van der Waals surface area contributed by atoms with Crippen molar-refractivity contribution in [3.63, 3.8) is 0 Å². The number of carbonyl (C=O) groups excluding carboxylic acids is 4. The van der Waals surface area contributed by atoms with E-state index in [0.717, 1.165) is 0 Å². The van der Waals surface area contributed by atoms with Crippen molar-refractivity contribution in [3.05, 3.63) is 57.7 Å². The first-order valence-electron chi connectivity index (χ1n) is 11.9. The van der Waals surface area contributed by atoms with Crippen LogP contribution >= 0.6 is 0 Å². The van der Waals surface area contributed by atoms with Crippen LogP contribution in [-0.2, 0) is 19.1 Å². The number of hydrogen-bond donors (Lipinski definition) is 4. The Kier molecular flexibility index (Phi) is 5.94. The van der Waals surface area contributed by atoms with Gasteiger partial charge >= 0.3 is 0 Å². The third-order valence-electron chi connectivity index (χ3n) is 7.70. The summed E-state index contributed by atoms with van der Waals surface area (Å²) in [6.45, 7) is 2.84. The number of ketones is 4. The van der Waals surface area contributed by atoms with Gasteiger partial charge in [0.2, 0.25) is 0 Å².